The van der Waals surface area contributed by atoms with Gasteiger partial charge in [-0.15, -0.1) is 13.2 Å². The number of anilines is 1. The van der Waals surface area contributed by atoms with Crippen molar-refractivity contribution in [1.29, 1.82) is 0 Å². The Hall–Kier alpha value is -3.34. The first-order valence-electron chi connectivity index (χ1n) is 12.3. The van der Waals surface area contributed by atoms with Crippen LogP contribution in [0.25, 0.3) is 11.0 Å². The molecule has 1 aromatic carbocycles. The normalized spacial score (nSPS) is 21.7. The number of alkyl halides is 3. The quantitative estimate of drug-likeness (QED) is 0.276. The van der Waals surface area contributed by atoms with Crippen molar-refractivity contribution in [2.45, 2.75) is 56.9 Å². The van der Waals surface area contributed by atoms with E-state index >= 15 is 4.39 Å². The van der Waals surface area contributed by atoms with Gasteiger partial charge < -0.3 is 25.5 Å². The van der Waals surface area contributed by atoms with E-state index < -0.39 is 29.9 Å². The van der Waals surface area contributed by atoms with Crippen molar-refractivity contribution in [3.63, 3.8) is 0 Å². The molecule has 2 aromatic heterocycles. The summed E-state index contributed by atoms with van der Waals surface area (Å²) in [6.07, 6.45) is -2.85. The summed E-state index contributed by atoms with van der Waals surface area (Å²) in [7, 11) is 0. The number of aromatic nitrogens is 2. The Morgan fingerprint density at radius 3 is 2.64 bits per heavy atom. The van der Waals surface area contributed by atoms with Crippen molar-refractivity contribution >= 4 is 22.6 Å². The first-order valence-corrected chi connectivity index (χ1v) is 11.8. The van der Waals surface area contributed by atoms with Crippen LogP contribution >= 0.6 is 0 Å². The molecule has 0 radical (unpaired) electrons. The maximum Gasteiger partial charge on any atom is 0.573 e. The van der Waals surface area contributed by atoms with Crippen molar-refractivity contribution < 1.29 is 33.6 Å². The van der Waals surface area contributed by atoms with Gasteiger partial charge in [0.2, 0.25) is 0 Å². The number of hydrogen-bond acceptors (Lipinski definition) is 5. The molecule has 2 aliphatic rings. The van der Waals surface area contributed by atoms with Gasteiger partial charge in [-0.1, -0.05) is 0 Å². The second-order valence-electron chi connectivity index (χ2n) is 9.26. The van der Waals surface area contributed by atoms with Crippen LogP contribution in [0.5, 0.6) is 5.75 Å². The molecular formula is C25H26F4N4O3. The summed E-state index contributed by atoms with van der Waals surface area (Å²) in [5.41, 5.74) is 8.64. The zero-order valence-corrected chi connectivity index (χ0v) is 19.3. The summed E-state index contributed by atoms with van der Waals surface area (Å²) >= 11 is 0. The molecule has 1 aliphatic carbocycles. The first-order chi connectivity index (χ1) is 17.4. The number of fused-ring (bicyclic) bond motifs is 3. The number of nitrogens with zero attached hydrogens (tertiary/aromatic N) is 2. The molecule has 4 N–H and O–H groups in total. The molecule has 0 saturated carbocycles. The third kappa shape index (κ3) is 4.71. The Morgan fingerprint density at radius 1 is 1.22 bits per heavy atom. The van der Waals surface area contributed by atoms with Crippen LogP contribution in [-0.4, -0.2) is 51.4 Å². The molecule has 1 aliphatic heterocycles. The van der Waals surface area contributed by atoms with Gasteiger partial charge >= 0.3 is 6.36 Å². The summed E-state index contributed by atoms with van der Waals surface area (Å²) in [4.78, 5) is 22.1. The number of ether oxygens (including phenoxy) is 1. The van der Waals surface area contributed by atoms with E-state index in [2.05, 4.69) is 14.7 Å². The molecule has 36 heavy (non-hydrogen) atoms. The number of aliphatic hydroxyl groups is 1. The fraction of sp³-hybridized carbons (Fsp3) is 0.440. The fourth-order valence-corrected chi connectivity index (χ4v) is 5.30. The number of nitrogens with two attached hydrogens (primary N) is 1. The molecule has 11 heteroatoms. The Balaban J connectivity index is 1.35. The lowest BCUT2D eigenvalue weighted by Gasteiger charge is -2.33. The predicted molar refractivity (Wildman–Crippen MR) is 124 cm³/mol. The molecular weight excluding hydrogens is 480 g/mol. The van der Waals surface area contributed by atoms with Crippen LogP contribution in [0, 0.1) is 5.82 Å². The summed E-state index contributed by atoms with van der Waals surface area (Å²) in [5, 5.41) is 10.9. The van der Waals surface area contributed by atoms with E-state index in [1.54, 1.807) is 4.90 Å². The van der Waals surface area contributed by atoms with Gasteiger partial charge in [0.15, 0.2) is 0 Å². The molecule has 7 nitrogen and oxygen atoms in total. The minimum Gasteiger partial charge on any atom is -0.406 e. The summed E-state index contributed by atoms with van der Waals surface area (Å²) in [6, 6.07) is 3.22. The molecule has 0 bridgehead atoms. The van der Waals surface area contributed by atoms with Crippen molar-refractivity contribution in [1.82, 2.24) is 14.9 Å². The van der Waals surface area contributed by atoms with Gasteiger partial charge in [0.1, 0.15) is 17.2 Å². The molecule has 0 unspecified atom stereocenters. The molecule has 0 spiro atoms. The van der Waals surface area contributed by atoms with E-state index in [9.17, 15) is 23.1 Å². The smallest absolute Gasteiger partial charge is 0.406 e. The van der Waals surface area contributed by atoms with Crippen molar-refractivity contribution in [2.75, 3.05) is 18.8 Å². The van der Waals surface area contributed by atoms with Gasteiger partial charge in [-0.05, 0) is 62.1 Å². The maximum atomic E-state index is 15.2. The van der Waals surface area contributed by atoms with E-state index in [1.807, 2.05) is 0 Å². The van der Waals surface area contributed by atoms with Gasteiger partial charge in [-0.2, -0.15) is 0 Å². The van der Waals surface area contributed by atoms with E-state index in [0.29, 0.717) is 55.4 Å². The Bertz CT molecular complexity index is 1350. The maximum absolute atomic E-state index is 15.2. The number of carbonyl (C=O) groups is 1. The average Bonchev–Trinajstić information content (AvgIpc) is 3.10. The lowest BCUT2D eigenvalue weighted by Crippen LogP contribution is -2.38. The number of nitrogen functional groups attached to an aromatic ring is 1. The predicted octanol–water partition coefficient (Wildman–Crippen LogP) is 4.44. The highest BCUT2D eigenvalue weighted by atomic mass is 19.4. The van der Waals surface area contributed by atoms with E-state index in [1.165, 1.54) is 12.3 Å². The number of carbonyl (C=O) groups excluding carboxylic acids is 1. The number of likely N-dealkylation sites (tertiary alicyclic amines) is 1. The largest absolute Gasteiger partial charge is 0.573 e. The van der Waals surface area contributed by atoms with Crippen molar-refractivity contribution in [3.8, 4) is 5.75 Å². The van der Waals surface area contributed by atoms with Crippen LogP contribution in [0.2, 0.25) is 0 Å². The van der Waals surface area contributed by atoms with E-state index in [0.717, 1.165) is 23.4 Å². The van der Waals surface area contributed by atoms with Crippen molar-refractivity contribution in [3.05, 3.63) is 52.6 Å². The number of halogens is 4. The van der Waals surface area contributed by atoms with Gasteiger partial charge in [0.05, 0.1) is 19.2 Å². The van der Waals surface area contributed by atoms with Gasteiger partial charge in [-0.3, -0.25) is 4.79 Å². The molecule has 1 fully saturated rings. The van der Waals surface area contributed by atoms with Crippen LogP contribution in [0.3, 0.4) is 0 Å². The highest BCUT2D eigenvalue weighted by Crippen LogP contribution is 2.39. The lowest BCUT2D eigenvalue weighted by molar-refractivity contribution is -0.274. The molecule has 1 amide bonds. The number of benzene rings is 1. The lowest BCUT2D eigenvalue weighted by atomic mass is 9.86. The standard InChI is InChI=1S/C25H26F4N4O3/c26-18-12-31-23-22(17-4-1-14(34)2-6-20(17)32-23)21(18)13-7-9-33(10-8-13)24(35)16-5-3-15(11-19(16)30)36-25(27,28)29/h3,5,11-14,34H,1-2,4,6-10,30H2,(H,31,32)/t14-/m1/s1/i14D. The van der Waals surface area contributed by atoms with Crippen LogP contribution in [0.4, 0.5) is 23.2 Å². The molecule has 5 rings (SSSR count). The third-order valence-electron chi connectivity index (χ3n) is 7.01. The van der Waals surface area contributed by atoms with Crippen molar-refractivity contribution in [2.24, 2.45) is 0 Å². The van der Waals surface area contributed by atoms with Crippen LogP contribution in [0.15, 0.2) is 24.4 Å². The number of aromatic amines is 1. The second-order valence-corrected chi connectivity index (χ2v) is 9.26. The number of aryl methyl sites for hydroxylation is 2. The number of hydrogen-bond donors (Lipinski definition) is 3. The summed E-state index contributed by atoms with van der Waals surface area (Å²) < 4.78 is 64.4. The van der Waals surface area contributed by atoms with Crippen LogP contribution in [0.1, 0.15) is 60.2 Å². The summed E-state index contributed by atoms with van der Waals surface area (Å²) in [5.74, 6) is -1.55. The highest BCUT2D eigenvalue weighted by Gasteiger charge is 2.33. The average molecular weight is 508 g/mol. The Labute approximate surface area is 205 Å². The number of pyridine rings is 1. The molecule has 1 atom stereocenters. The summed E-state index contributed by atoms with van der Waals surface area (Å²) in [6.45, 7) is 0.623. The monoisotopic (exact) mass is 507 g/mol. The van der Waals surface area contributed by atoms with Gasteiger partial charge in [-0.25, -0.2) is 9.37 Å². The number of rotatable bonds is 3. The first kappa shape index (κ1) is 23.1. The van der Waals surface area contributed by atoms with E-state index in [-0.39, 0.29) is 30.0 Å². The Morgan fingerprint density at radius 2 is 1.94 bits per heavy atom. The highest BCUT2D eigenvalue weighted by molar-refractivity contribution is 5.99. The number of amides is 1. The number of H-pyrrole nitrogens is 1. The third-order valence-corrected chi connectivity index (χ3v) is 7.01. The zero-order valence-electron chi connectivity index (χ0n) is 20.3. The van der Waals surface area contributed by atoms with E-state index in [4.69, 9.17) is 7.10 Å². The number of nitrogens with one attached hydrogen (secondary N) is 1. The molecule has 192 valence electrons. The van der Waals surface area contributed by atoms with Crippen LogP contribution < -0.4 is 10.5 Å². The molecule has 1 saturated heterocycles. The van der Waals surface area contributed by atoms with Gasteiger partial charge in [0.25, 0.3) is 5.91 Å². The van der Waals surface area contributed by atoms with Gasteiger partial charge in [0, 0.05) is 41.5 Å². The SMILES string of the molecule is [2H][C@]1(O)CCc2[nH]c3ncc(F)c(C4CCN(C(=O)c5ccc(OC(F)(F)F)cc5N)CC4)c3c2CC1. The molecule has 3 aromatic rings. The molecule has 3 heterocycles. The topological polar surface area (TPSA) is 104 Å². The minimum absolute atomic E-state index is 0.0734. The minimum atomic E-state index is -4.87. The van der Waals surface area contributed by atoms with Crippen LogP contribution in [-0.2, 0) is 12.8 Å². The number of piperidine rings is 1. The second kappa shape index (κ2) is 9.27. The Kier molecular flexibility index (Phi) is 5.94. The zero-order chi connectivity index (χ0) is 26.5. The fourth-order valence-electron chi connectivity index (χ4n) is 5.30.